The SMILES string of the molecule is O=C(N=C(c1cccc(Oc2ccc(C(F)(F)F)cn2)c1)c1cccnn1)C1CCCCC1. The van der Waals surface area contributed by atoms with E-state index in [1.165, 1.54) is 6.20 Å². The second kappa shape index (κ2) is 9.89. The van der Waals surface area contributed by atoms with Gasteiger partial charge in [-0.3, -0.25) is 4.79 Å². The Bertz CT molecular complexity index is 1130. The Morgan fingerprint density at radius 2 is 1.85 bits per heavy atom. The monoisotopic (exact) mass is 454 g/mol. The molecule has 3 aromatic rings. The van der Waals surface area contributed by atoms with Crippen molar-refractivity contribution in [3.05, 3.63) is 77.7 Å². The smallest absolute Gasteiger partial charge is 0.417 e. The van der Waals surface area contributed by atoms with E-state index in [-0.39, 0.29) is 17.7 Å². The Hall–Kier alpha value is -3.62. The second-order valence-corrected chi connectivity index (χ2v) is 7.76. The number of hydrogen-bond acceptors (Lipinski definition) is 5. The Labute approximate surface area is 188 Å². The average Bonchev–Trinajstić information content (AvgIpc) is 2.83. The third-order valence-electron chi connectivity index (χ3n) is 5.38. The number of aliphatic imine (C=N–C) groups is 1. The molecule has 0 atom stereocenters. The number of hydrogen-bond donors (Lipinski definition) is 0. The van der Waals surface area contributed by atoms with Crippen LogP contribution in [-0.2, 0) is 11.0 Å². The van der Waals surface area contributed by atoms with Gasteiger partial charge in [-0.1, -0.05) is 31.4 Å². The van der Waals surface area contributed by atoms with E-state index in [1.807, 2.05) is 0 Å². The lowest BCUT2D eigenvalue weighted by Crippen LogP contribution is -2.19. The molecule has 2 heterocycles. The minimum absolute atomic E-state index is 0.0106. The predicted octanol–water partition coefficient (Wildman–Crippen LogP) is 5.63. The minimum Gasteiger partial charge on any atom is -0.439 e. The van der Waals surface area contributed by atoms with Crippen LogP contribution in [0.1, 0.15) is 48.9 Å². The van der Waals surface area contributed by atoms with Crippen molar-refractivity contribution in [1.29, 1.82) is 0 Å². The molecule has 0 unspecified atom stereocenters. The van der Waals surface area contributed by atoms with Crippen LogP contribution in [0.5, 0.6) is 11.6 Å². The molecule has 6 nitrogen and oxygen atoms in total. The van der Waals surface area contributed by atoms with Gasteiger partial charge in [-0.25, -0.2) is 9.98 Å². The molecule has 0 saturated heterocycles. The average molecular weight is 454 g/mol. The molecule has 1 aromatic carbocycles. The highest BCUT2D eigenvalue weighted by molar-refractivity contribution is 6.15. The van der Waals surface area contributed by atoms with Crippen molar-refractivity contribution < 1.29 is 22.7 Å². The number of ether oxygens (including phenoxy) is 1. The summed E-state index contributed by atoms with van der Waals surface area (Å²) in [5.41, 5.74) is 0.516. The number of benzene rings is 1. The summed E-state index contributed by atoms with van der Waals surface area (Å²) in [4.78, 5) is 21.0. The van der Waals surface area contributed by atoms with Crippen molar-refractivity contribution in [2.75, 3.05) is 0 Å². The highest BCUT2D eigenvalue weighted by atomic mass is 19.4. The summed E-state index contributed by atoms with van der Waals surface area (Å²) < 4.78 is 43.9. The number of nitrogens with zero attached hydrogens (tertiary/aromatic N) is 4. The maximum Gasteiger partial charge on any atom is 0.417 e. The molecular formula is C24H21F3N4O2. The van der Waals surface area contributed by atoms with Crippen LogP contribution in [0, 0.1) is 5.92 Å². The number of pyridine rings is 1. The molecule has 0 radical (unpaired) electrons. The lowest BCUT2D eigenvalue weighted by molar-refractivity contribution is -0.137. The normalized spacial score (nSPS) is 15.3. The van der Waals surface area contributed by atoms with Gasteiger partial charge in [0.05, 0.1) is 5.56 Å². The van der Waals surface area contributed by atoms with E-state index < -0.39 is 11.7 Å². The standard InChI is InChI=1S/C24H21F3N4O2/c25-24(26,27)18-11-12-21(28-15-18)33-19-9-4-8-17(14-19)22(20-10-5-13-29-31-20)30-23(32)16-6-2-1-3-7-16/h4-5,8-16H,1-3,6-7H2. The van der Waals surface area contributed by atoms with Crippen molar-refractivity contribution in [2.45, 2.75) is 38.3 Å². The highest BCUT2D eigenvalue weighted by Gasteiger charge is 2.30. The molecule has 0 aliphatic heterocycles. The summed E-state index contributed by atoms with van der Waals surface area (Å²) in [6.45, 7) is 0. The number of rotatable bonds is 5. The molecule has 1 saturated carbocycles. The Morgan fingerprint density at radius 1 is 1.03 bits per heavy atom. The minimum atomic E-state index is -4.47. The van der Waals surface area contributed by atoms with Crippen molar-refractivity contribution in [1.82, 2.24) is 15.2 Å². The van der Waals surface area contributed by atoms with Crippen LogP contribution in [-0.4, -0.2) is 26.8 Å². The molecular weight excluding hydrogens is 433 g/mol. The van der Waals surface area contributed by atoms with Crippen molar-refractivity contribution in [2.24, 2.45) is 10.9 Å². The topological polar surface area (TPSA) is 77.3 Å². The van der Waals surface area contributed by atoms with Gasteiger partial charge in [0, 0.05) is 29.9 Å². The lowest BCUT2D eigenvalue weighted by Gasteiger charge is -2.18. The van der Waals surface area contributed by atoms with Crippen molar-refractivity contribution >= 4 is 11.6 Å². The lowest BCUT2D eigenvalue weighted by atomic mass is 9.89. The quantitative estimate of drug-likeness (QED) is 0.467. The number of amides is 1. The van der Waals surface area contributed by atoms with Crippen LogP contribution in [0.2, 0.25) is 0 Å². The molecule has 1 aliphatic rings. The maximum atomic E-state index is 12.9. The molecule has 1 aliphatic carbocycles. The fraction of sp³-hybridized carbons (Fsp3) is 0.292. The largest absolute Gasteiger partial charge is 0.439 e. The van der Waals surface area contributed by atoms with E-state index in [4.69, 9.17) is 4.74 Å². The van der Waals surface area contributed by atoms with Gasteiger partial charge >= 0.3 is 6.18 Å². The second-order valence-electron chi connectivity index (χ2n) is 7.76. The number of aromatic nitrogens is 3. The van der Waals surface area contributed by atoms with Crippen LogP contribution in [0.15, 0.2) is 65.9 Å². The van der Waals surface area contributed by atoms with E-state index in [0.29, 0.717) is 28.9 Å². The van der Waals surface area contributed by atoms with Gasteiger partial charge in [-0.15, -0.1) is 5.10 Å². The van der Waals surface area contributed by atoms with Gasteiger partial charge in [-0.05, 0) is 43.2 Å². The summed E-state index contributed by atoms with van der Waals surface area (Å²) in [6, 6.07) is 12.2. The van der Waals surface area contributed by atoms with Gasteiger partial charge in [-0.2, -0.15) is 18.3 Å². The summed E-state index contributed by atoms with van der Waals surface area (Å²) in [7, 11) is 0. The van der Waals surface area contributed by atoms with Gasteiger partial charge in [0.15, 0.2) is 0 Å². The number of carbonyl (C=O) groups is 1. The highest BCUT2D eigenvalue weighted by Crippen LogP contribution is 2.30. The summed E-state index contributed by atoms with van der Waals surface area (Å²) in [5.74, 6) is 0.0465. The maximum absolute atomic E-state index is 12.9. The van der Waals surface area contributed by atoms with Crippen LogP contribution in [0.25, 0.3) is 0 Å². The van der Waals surface area contributed by atoms with E-state index in [0.717, 1.165) is 44.2 Å². The van der Waals surface area contributed by atoms with Crippen molar-refractivity contribution in [3.63, 3.8) is 0 Å². The van der Waals surface area contributed by atoms with Crippen LogP contribution in [0.3, 0.4) is 0 Å². The Balaban J connectivity index is 1.62. The van der Waals surface area contributed by atoms with E-state index in [9.17, 15) is 18.0 Å². The zero-order chi connectivity index (χ0) is 23.3. The molecule has 9 heteroatoms. The summed E-state index contributed by atoms with van der Waals surface area (Å²) in [6.07, 6.45) is 2.55. The first kappa shape index (κ1) is 22.6. The molecule has 0 bridgehead atoms. The fourth-order valence-electron chi connectivity index (χ4n) is 3.68. The first-order valence-corrected chi connectivity index (χ1v) is 10.6. The van der Waals surface area contributed by atoms with E-state index in [2.05, 4.69) is 20.2 Å². The van der Waals surface area contributed by atoms with Crippen LogP contribution >= 0.6 is 0 Å². The first-order chi connectivity index (χ1) is 15.9. The van der Waals surface area contributed by atoms with Gasteiger partial charge < -0.3 is 4.74 Å². The summed E-state index contributed by atoms with van der Waals surface area (Å²) in [5, 5.41) is 8.00. The fourth-order valence-corrected chi connectivity index (χ4v) is 3.68. The molecule has 0 spiro atoms. The predicted molar refractivity (Wildman–Crippen MR) is 115 cm³/mol. The molecule has 1 fully saturated rings. The van der Waals surface area contributed by atoms with Gasteiger partial charge in [0.25, 0.3) is 0 Å². The Kier molecular flexibility index (Phi) is 6.76. The summed E-state index contributed by atoms with van der Waals surface area (Å²) >= 11 is 0. The molecule has 1 amide bonds. The first-order valence-electron chi connectivity index (χ1n) is 10.6. The zero-order valence-corrected chi connectivity index (χ0v) is 17.6. The number of carbonyl (C=O) groups excluding carboxylic acids is 1. The molecule has 170 valence electrons. The van der Waals surface area contributed by atoms with Gasteiger partial charge in [0.1, 0.15) is 17.2 Å². The van der Waals surface area contributed by atoms with Crippen molar-refractivity contribution in [3.8, 4) is 11.6 Å². The van der Waals surface area contributed by atoms with E-state index >= 15 is 0 Å². The number of halogens is 3. The molecule has 33 heavy (non-hydrogen) atoms. The molecule has 4 rings (SSSR count). The van der Waals surface area contributed by atoms with Crippen LogP contribution in [0.4, 0.5) is 13.2 Å². The van der Waals surface area contributed by atoms with Gasteiger partial charge in [0.2, 0.25) is 11.8 Å². The third kappa shape index (κ3) is 5.79. The van der Waals surface area contributed by atoms with Crippen LogP contribution < -0.4 is 4.74 Å². The Morgan fingerprint density at radius 3 is 2.52 bits per heavy atom. The zero-order valence-electron chi connectivity index (χ0n) is 17.6. The van der Waals surface area contributed by atoms with E-state index in [1.54, 1.807) is 36.4 Å². The number of alkyl halides is 3. The molecule has 2 aromatic heterocycles. The molecule has 0 N–H and O–H groups in total. The third-order valence-corrected chi connectivity index (χ3v) is 5.38.